The molecule has 0 radical (unpaired) electrons. The fraction of sp³-hybridized carbons (Fsp3) is 0.273. The Kier molecular flexibility index (Phi) is 5.25. The molecule has 0 atom stereocenters. The van der Waals surface area contributed by atoms with Crippen LogP contribution in [-0.2, 0) is 14.3 Å². The quantitative estimate of drug-likeness (QED) is 0.860. The molecule has 0 unspecified atom stereocenters. The highest BCUT2D eigenvalue weighted by atomic mass is 35.5. The third-order valence-corrected chi connectivity index (χ3v) is 2.49. The van der Waals surface area contributed by atoms with Crippen molar-refractivity contribution in [3.63, 3.8) is 0 Å². The van der Waals surface area contributed by atoms with E-state index in [4.69, 9.17) is 23.2 Å². The molecule has 1 aromatic rings. The Morgan fingerprint density at radius 2 is 1.88 bits per heavy atom. The van der Waals surface area contributed by atoms with E-state index in [1.165, 1.54) is 6.92 Å². The van der Waals surface area contributed by atoms with Crippen LogP contribution in [-0.4, -0.2) is 18.5 Å². The lowest BCUT2D eigenvalue weighted by Gasteiger charge is -2.08. The third kappa shape index (κ3) is 4.63. The highest BCUT2D eigenvalue weighted by molar-refractivity contribution is 6.39. The predicted molar refractivity (Wildman–Crippen MR) is 66.3 cm³/mol. The number of hydrogen-bond acceptors (Lipinski definition) is 3. The number of para-hydroxylation sites is 1. The molecule has 0 saturated heterocycles. The second kappa shape index (κ2) is 6.47. The first-order valence-corrected chi connectivity index (χ1v) is 5.63. The Labute approximate surface area is 109 Å². The molecule has 92 valence electrons. The number of ether oxygens (including phenoxy) is 1. The fourth-order valence-corrected chi connectivity index (χ4v) is 1.60. The number of rotatable bonds is 4. The summed E-state index contributed by atoms with van der Waals surface area (Å²) in [5.74, 6) is -0.741. The average molecular weight is 276 g/mol. The summed E-state index contributed by atoms with van der Waals surface area (Å²) in [7, 11) is 0. The van der Waals surface area contributed by atoms with Crippen molar-refractivity contribution in [2.75, 3.05) is 11.9 Å². The van der Waals surface area contributed by atoms with Gasteiger partial charge in [-0.25, -0.2) is 0 Å². The van der Waals surface area contributed by atoms with Crippen LogP contribution in [0.15, 0.2) is 18.2 Å². The Morgan fingerprint density at radius 1 is 1.29 bits per heavy atom. The maximum absolute atomic E-state index is 11.5. The Balaban J connectivity index is 2.53. The molecular formula is C11H11Cl2NO3. The molecule has 0 aliphatic heterocycles. The monoisotopic (exact) mass is 275 g/mol. The molecule has 0 fully saturated rings. The van der Waals surface area contributed by atoms with Gasteiger partial charge in [-0.15, -0.1) is 0 Å². The van der Waals surface area contributed by atoms with Gasteiger partial charge in [-0.3, -0.25) is 9.59 Å². The second-order valence-corrected chi connectivity index (χ2v) is 4.05. The smallest absolute Gasteiger partial charge is 0.302 e. The summed E-state index contributed by atoms with van der Waals surface area (Å²) < 4.78 is 4.64. The summed E-state index contributed by atoms with van der Waals surface area (Å²) in [6, 6.07) is 4.92. The van der Waals surface area contributed by atoms with Gasteiger partial charge in [-0.05, 0) is 12.1 Å². The number of carbonyl (C=O) groups excluding carboxylic acids is 2. The molecule has 6 heteroatoms. The average Bonchev–Trinajstić information content (AvgIpc) is 2.23. The number of halogens is 2. The van der Waals surface area contributed by atoms with Gasteiger partial charge in [0.25, 0.3) is 0 Å². The molecule has 0 bridgehead atoms. The van der Waals surface area contributed by atoms with Crippen LogP contribution in [0.1, 0.15) is 13.3 Å². The van der Waals surface area contributed by atoms with E-state index in [9.17, 15) is 9.59 Å². The molecule has 1 rings (SSSR count). The third-order valence-electron chi connectivity index (χ3n) is 1.86. The molecule has 0 spiro atoms. The van der Waals surface area contributed by atoms with Crippen molar-refractivity contribution in [1.82, 2.24) is 0 Å². The SMILES string of the molecule is CC(=O)OCCC(=O)Nc1c(Cl)cccc1Cl. The topological polar surface area (TPSA) is 55.4 Å². The van der Waals surface area contributed by atoms with Crippen molar-refractivity contribution in [3.05, 3.63) is 28.2 Å². The normalized spacial score (nSPS) is 9.82. The molecule has 0 aliphatic rings. The fourth-order valence-electron chi connectivity index (χ4n) is 1.11. The van der Waals surface area contributed by atoms with Gasteiger partial charge in [0.05, 0.1) is 22.2 Å². The molecule has 0 saturated carbocycles. The van der Waals surface area contributed by atoms with Crippen molar-refractivity contribution in [3.8, 4) is 0 Å². The van der Waals surface area contributed by atoms with Crippen molar-refractivity contribution >= 4 is 40.8 Å². The van der Waals surface area contributed by atoms with Gasteiger partial charge < -0.3 is 10.1 Å². The van der Waals surface area contributed by atoms with Gasteiger partial charge in [-0.1, -0.05) is 29.3 Å². The highest BCUT2D eigenvalue weighted by Gasteiger charge is 2.09. The number of amides is 1. The van der Waals surface area contributed by atoms with Gasteiger partial charge in [0.2, 0.25) is 5.91 Å². The van der Waals surface area contributed by atoms with Crippen LogP contribution < -0.4 is 5.32 Å². The Bertz CT molecular complexity index is 414. The number of carbonyl (C=O) groups is 2. The van der Waals surface area contributed by atoms with Crippen molar-refractivity contribution in [2.24, 2.45) is 0 Å². The Morgan fingerprint density at radius 3 is 2.41 bits per heavy atom. The van der Waals surface area contributed by atoms with Crippen LogP contribution in [0.25, 0.3) is 0 Å². The summed E-state index contributed by atoms with van der Waals surface area (Å²) >= 11 is 11.7. The zero-order valence-corrected chi connectivity index (χ0v) is 10.6. The maximum Gasteiger partial charge on any atom is 0.302 e. The van der Waals surface area contributed by atoms with Crippen LogP contribution in [0.2, 0.25) is 10.0 Å². The molecule has 4 nitrogen and oxygen atoms in total. The summed E-state index contributed by atoms with van der Waals surface area (Å²) in [5, 5.41) is 3.28. The summed E-state index contributed by atoms with van der Waals surface area (Å²) in [6.45, 7) is 1.31. The molecule has 17 heavy (non-hydrogen) atoms. The van der Waals surface area contributed by atoms with Crippen molar-refractivity contribution in [2.45, 2.75) is 13.3 Å². The predicted octanol–water partition coefficient (Wildman–Crippen LogP) is 2.89. The van der Waals surface area contributed by atoms with Crippen LogP contribution in [0.3, 0.4) is 0 Å². The number of anilines is 1. The summed E-state index contributed by atoms with van der Waals surface area (Å²) in [4.78, 5) is 22.0. The van der Waals surface area contributed by atoms with Crippen LogP contribution in [0, 0.1) is 0 Å². The minimum absolute atomic E-state index is 0.0310. The minimum atomic E-state index is -0.423. The maximum atomic E-state index is 11.5. The lowest BCUT2D eigenvalue weighted by molar-refractivity contribution is -0.141. The van der Waals surface area contributed by atoms with Gasteiger partial charge in [-0.2, -0.15) is 0 Å². The molecular weight excluding hydrogens is 265 g/mol. The van der Waals surface area contributed by atoms with E-state index in [0.29, 0.717) is 15.7 Å². The lowest BCUT2D eigenvalue weighted by Crippen LogP contribution is -2.15. The van der Waals surface area contributed by atoms with Gasteiger partial charge in [0.1, 0.15) is 6.61 Å². The second-order valence-electron chi connectivity index (χ2n) is 3.23. The summed E-state index contributed by atoms with van der Waals surface area (Å²) in [5.41, 5.74) is 0.364. The number of benzene rings is 1. The Hall–Kier alpha value is -1.26. The minimum Gasteiger partial charge on any atom is -0.465 e. The molecule has 1 aromatic carbocycles. The standard InChI is InChI=1S/C11H11Cl2NO3/c1-7(15)17-6-5-10(16)14-11-8(12)3-2-4-9(11)13/h2-4H,5-6H2,1H3,(H,14,16). The van der Waals surface area contributed by atoms with Crippen molar-refractivity contribution < 1.29 is 14.3 Å². The van der Waals surface area contributed by atoms with E-state index in [1.54, 1.807) is 18.2 Å². The van der Waals surface area contributed by atoms with E-state index in [1.807, 2.05) is 0 Å². The number of hydrogen-bond donors (Lipinski definition) is 1. The number of esters is 1. The first-order chi connectivity index (χ1) is 8.00. The zero-order chi connectivity index (χ0) is 12.8. The lowest BCUT2D eigenvalue weighted by atomic mass is 10.3. The summed E-state index contributed by atoms with van der Waals surface area (Å²) in [6.07, 6.45) is 0.0567. The zero-order valence-electron chi connectivity index (χ0n) is 9.13. The largest absolute Gasteiger partial charge is 0.465 e. The molecule has 0 aliphatic carbocycles. The highest BCUT2D eigenvalue weighted by Crippen LogP contribution is 2.29. The first-order valence-electron chi connectivity index (χ1n) is 4.88. The first kappa shape index (κ1) is 13.8. The van der Waals surface area contributed by atoms with E-state index in [2.05, 4.69) is 10.1 Å². The molecule has 1 amide bonds. The van der Waals surface area contributed by atoms with E-state index >= 15 is 0 Å². The van der Waals surface area contributed by atoms with Gasteiger partial charge >= 0.3 is 5.97 Å². The van der Waals surface area contributed by atoms with Crippen LogP contribution in [0.4, 0.5) is 5.69 Å². The van der Waals surface area contributed by atoms with Crippen molar-refractivity contribution in [1.29, 1.82) is 0 Å². The van der Waals surface area contributed by atoms with E-state index in [0.717, 1.165) is 0 Å². The number of nitrogens with one attached hydrogen (secondary N) is 1. The molecule has 1 N–H and O–H groups in total. The molecule has 0 heterocycles. The van der Waals surface area contributed by atoms with E-state index < -0.39 is 5.97 Å². The van der Waals surface area contributed by atoms with Crippen LogP contribution in [0.5, 0.6) is 0 Å². The van der Waals surface area contributed by atoms with Gasteiger partial charge in [0, 0.05) is 6.92 Å². The van der Waals surface area contributed by atoms with E-state index in [-0.39, 0.29) is 18.9 Å². The van der Waals surface area contributed by atoms with Crippen LogP contribution >= 0.6 is 23.2 Å². The van der Waals surface area contributed by atoms with Gasteiger partial charge in [0.15, 0.2) is 0 Å². The molecule has 0 aromatic heterocycles.